The van der Waals surface area contributed by atoms with Gasteiger partial charge in [-0.2, -0.15) is 0 Å². The molecule has 1 heterocycles. The lowest BCUT2D eigenvalue weighted by atomic mass is 9.72. The van der Waals surface area contributed by atoms with Crippen LogP contribution in [0.15, 0.2) is 0 Å². The highest BCUT2D eigenvalue weighted by atomic mass is 33.1. The van der Waals surface area contributed by atoms with Crippen molar-refractivity contribution >= 4 is 22.6 Å². The summed E-state index contributed by atoms with van der Waals surface area (Å²) in [6.07, 6.45) is 2.61. The van der Waals surface area contributed by atoms with Crippen LogP contribution in [0.5, 0.6) is 0 Å². The van der Waals surface area contributed by atoms with Crippen LogP contribution in [0.25, 0.3) is 0 Å². The Morgan fingerprint density at radius 3 is 1.86 bits per heavy atom. The van der Waals surface area contributed by atoms with Crippen LogP contribution in [0.2, 0.25) is 0 Å². The van der Waals surface area contributed by atoms with Gasteiger partial charge in [0.25, 0.3) is 0 Å². The second-order valence-corrected chi connectivity index (χ2v) is 6.75. The third-order valence-corrected chi connectivity index (χ3v) is 4.91. The highest BCUT2D eigenvalue weighted by molar-refractivity contribution is 8.67. The predicted octanol–water partition coefficient (Wildman–Crippen LogP) is 4.01. The highest BCUT2D eigenvalue weighted by Gasteiger charge is 2.36. The fourth-order valence-electron chi connectivity index (χ4n) is 2.43. The number of nitrogens with zero attached hydrogens (tertiary/aromatic N) is 1. The monoisotopic (exact) mass is 233 g/mol. The summed E-state index contributed by atoms with van der Waals surface area (Å²) in [5.41, 5.74) is 0.454. The maximum atomic E-state index is 4.33. The predicted molar refractivity (Wildman–Crippen MR) is 69.5 cm³/mol. The van der Waals surface area contributed by atoms with Crippen molar-refractivity contribution in [3.05, 3.63) is 0 Å². The average Bonchev–Trinajstić information content (AvgIpc) is 2.01. The van der Waals surface area contributed by atoms with E-state index < -0.39 is 0 Å². The summed E-state index contributed by atoms with van der Waals surface area (Å²) in [5.74, 6) is 0.851. The first-order chi connectivity index (χ1) is 6.36. The van der Waals surface area contributed by atoms with Gasteiger partial charge in [-0.15, -0.1) is 0 Å². The van der Waals surface area contributed by atoms with Crippen molar-refractivity contribution in [2.75, 3.05) is 0 Å². The smallest absolute Gasteiger partial charge is 0.0187 e. The third kappa shape index (κ3) is 2.83. The molecule has 0 aromatic rings. The summed E-state index contributed by atoms with van der Waals surface area (Å²) in [4.78, 5) is 0. The van der Waals surface area contributed by atoms with E-state index in [2.05, 4.69) is 50.6 Å². The van der Waals surface area contributed by atoms with Gasteiger partial charge in [0.1, 0.15) is 0 Å². The third-order valence-electron chi connectivity index (χ3n) is 3.44. The van der Waals surface area contributed by atoms with Crippen molar-refractivity contribution < 1.29 is 0 Å². The zero-order chi connectivity index (χ0) is 10.9. The van der Waals surface area contributed by atoms with E-state index in [1.807, 2.05) is 0 Å². The zero-order valence-corrected chi connectivity index (χ0v) is 11.7. The van der Waals surface area contributed by atoms with Crippen LogP contribution in [0, 0.1) is 11.3 Å². The van der Waals surface area contributed by atoms with Crippen LogP contribution >= 0.6 is 22.6 Å². The van der Waals surface area contributed by atoms with E-state index in [-0.39, 0.29) is 0 Å². The van der Waals surface area contributed by atoms with E-state index in [1.165, 1.54) is 12.8 Å². The first kappa shape index (κ1) is 12.7. The molecule has 2 unspecified atom stereocenters. The average molecular weight is 233 g/mol. The van der Waals surface area contributed by atoms with Crippen molar-refractivity contribution in [1.82, 2.24) is 4.31 Å². The maximum Gasteiger partial charge on any atom is 0.0187 e. The molecule has 0 aromatic heterocycles. The minimum atomic E-state index is 0.454. The molecule has 84 valence electrons. The molecule has 0 aromatic carbocycles. The molecule has 0 radical (unpaired) electrons. The Bertz CT molecular complexity index is 176. The molecule has 1 aliphatic rings. The lowest BCUT2D eigenvalue weighted by Crippen LogP contribution is -2.44. The summed E-state index contributed by atoms with van der Waals surface area (Å²) in [6, 6.07) is 1.32. The minimum absolute atomic E-state index is 0.454. The number of piperidine rings is 1. The molecule has 1 saturated heterocycles. The van der Waals surface area contributed by atoms with Gasteiger partial charge >= 0.3 is 0 Å². The summed E-state index contributed by atoms with van der Waals surface area (Å²) >= 11 is 4.33. The fourth-order valence-corrected chi connectivity index (χ4v) is 3.89. The van der Waals surface area contributed by atoms with E-state index in [0.29, 0.717) is 17.5 Å². The van der Waals surface area contributed by atoms with E-state index in [9.17, 15) is 0 Å². The van der Waals surface area contributed by atoms with Gasteiger partial charge in [0.2, 0.25) is 0 Å². The van der Waals surface area contributed by atoms with E-state index in [1.54, 1.807) is 11.0 Å². The van der Waals surface area contributed by atoms with Crippen molar-refractivity contribution in [3.8, 4) is 0 Å². The van der Waals surface area contributed by atoms with Gasteiger partial charge in [0.05, 0.1) is 0 Å². The van der Waals surface area contributed by atoms with Crippen LogP contribution in [0.3, 0.4) is 0 Å². The Labute approximate surface area is 98.0 Å². The van der Waals surface area contributed by atoms with Gasteiger partial charge in [-0.25, -0.2) is 4.31 Å². The van der Waals surface area contributed by atoms with Crippen LogP contribution in [0.1, 0.15) is 47.5 Å². The van der Waals surface area contributed by atoms with E-state index in [0.717, 1.165) is 5.92 Å². The number of hydrogen-bond donors (Lipinski definition) is 1. The van der Waals surface area contributed by atoms with E-state index >= 15 is 0 Å². The van der Waals surface area contributed by atoms with Gasteiger partial charge < -0.3 is 0 Å². The summed E-state index contributed by atoms with van der Waals surface area (Å²) in [7, 11) is 1.60. The summed E-state index contributed by atoms with van der Waals surface area (Å²) in [6.45, 7) is 11.7. The van der Waals surface area contributed by atoms with Crippen LogP contribution in [-0.2, 0) is 0 Å². The van der Waals surface area contributed by atoms with Crippen molar-refractivity contribution in [2.24, 2.45) is 11.3 Å². The molecule has 1 rings (SSSR count). The van der Waals surface area contributed by atoms with Crippen LogP contribution < -0.4 is 0 Å². The normalized spacial score (nSPS) is 36.0. The SMILES string of the molecule is CC1CC(C(C)(C)C)CC(C)N1SS. The molecule has 0 N–H and O–H groups in total. The Morgan fingerprint density at radius 1 is 1.14 bits per heavy atom. The number of thiol groups is 1. The molecule has 14 heavy (non-hydrogen) atoms. The molecule has 0 saturated carbocycles. The Morgan fingerprint density at radius 2 is 1.57 bits per heavy atom. The van der Waals surface area contributed by atoms with Gasteiger partial charge in [-0.05, 0) is 49.0 Å². The standard InChI is InChI=1S/C11H23NS2/c1-8-6-10(11(3,4)5)7-9(2)12(8)14-13/h8-10,13H,6-7H2,1-5H3. The Hall–Kier alpha value is 0.660. The molecule has 3 heteroatoms. The summed E-state index contributed by atoms with van der Waals surface area (Å²) in [5, 5.41) is 0. The summed E-state index contributed by atoms with van der Waals surface area (Å²) < 4.78 is 2.42. The van der Waals surface area contributed by atoms with Gasteiger partial charge in [0.15, 0.2) is 0 Å². The highest BCUT2D eigenvalue weighted by Crippen LogP contribution is 2.41. The lowest BCUT2D eigenvalue weighted by Gasteiger charge is -2.45. The first-order valence-corrected chi connectivity index (χ1v) is 7.28. The number of rotatable bonds is 1. The van der Waals surface area contributed by atoms with Crippen molar-refractivity contribution in [3.63, 3.8) is 0 Å². The molecule has 1 aliphatic heterocycles. The second-order valence-electron chi connectivity index (χ2n) is 5.67. The minimum Gasteiger partial charge on any atom is -0.236 e. The Balaban J connectivity index is 2.65. The van der Waals surface area contributed by atoms with E-state index in [4.69, 9.17) is 0 Å². The molecule has 0 amide bonds. The molecule has 2 atom stereocenters. The molecule has 1 fully saturated rings. The zero-order valence-electron chi connectivity index (χ0n) is 9.95. The molecule has 0 spiro atoms. The lowest BCUT2D eigenvalue weighted by molar-refractivity contribution is 0.0923. The van der Waals surface area contributed by atoms with Crippen molar-refractivity contribution in [2.45, 2.75) is 59.5 Å². The van der Waals surface area contributed by atoms with Gasteiger partial charge in [0, 0.05) is 12.1 Å². The molecule has 0 bridgehead atoms. The topological polar surface area (TPSA) is 3.24 Å². The Kier molecular flexibility index (Phi) is 4.24. The first-order valence-electron chi connectivity index (χ1n) is 5.46. The van der Waals surface area contributed by atoms with Crippen LogP contribution in [-0.4, -0.2) is 16.4 Å². The van der Waals surface area contributed by atoms with Crippen molar-refractivity contribution in [1.29, 1.82) is 0 Å². The largest absolute Gasteiger partial charge is 0.236 e. The molecular weight excluding hydrogens is 210 g/mol. The van der Waals surface area contributed by atoms with Gasteiger partial charge in [-0.1, -0.05) is 32.4 Å². The molecule has 1 nitrogen and oxygen atoms in total. The molecule has 0 aliphatic carbocycles. The maximum absolute atomic E-state index is 4.33. The van der Waals surface area contributed by atoms with Crippen LogP contribution in [0.4, 0.5) is 0 Å². The molecular formula is C11H23NS2. The van der Waals surface area contributed by atoms with Gasteiger partial charge in [-0.3, -0.25) is 0 Å². The number of hydrogen-bond acceptors (Lipinski definition) is 3. The quantitative estimate of drug-likeness (QED) is 0.414. The fraction of sp³-hybridized carbons (Fsp3) is 1.00. The second kappa shape index (κ2) is 4.67.